The van der Waals surface area contributed by atoms with E-state index in [0.717, 1.165) is 32.2 Å². The molecule has 1 aromatic rings. The molecule has 0 radical (unpaired) electrons. The van der Waals surface area contributed by atoms with Crippen LogP contribution in [0.1, 0.15) is 51.1 Å². The number of amides is 1. The van der Waals surface area contributed by atoms with Crippen molar-refractivity contribution >= 4 is 5.91 Å². The molecule has 1 aliphatic rings. The molecule has 2 atom stereocenters. The first-order valence-electron chi connectivity index (χ1n) is 7.78. The van der Waals surface area contributed by atoms with E-state index < -0.39 is 5.54 Å². The number of rotatable bonds is 5. The predicted molar refractivity (Wildman–Crippen MR) is 82.5 cm³/mol. The summed E-state index contributed by atoms with van der Waals surface area (Å²) in [6, 6.07) is 6.40. The highest BCUT2D eigenvalue weighted by atomic mass is 19.1. The van der Waals surface area contributed by atoms with Gasteiger partial charge in [0.2, 0.25) is 5.91 Å². The zero-order valence-electron chi connectivity index (χ0n) is 13.2. The summed E-state index contributed by atoms with van der Waals surface area (Å²) in [6.45, 7) is 4.86. The monoisotopic (exact) mass is 292 g/mol. The lowest BCUT2D eigenvalue weighted by Crippen LogP contribution is -2.54. The van der Waals surface area contributed by atoms with E-state index in [-0.39, 0.29) is 17.8 Å². The Hall–Kier alpha value is -1.42. The second-order valence-corrected chi connectivity index (χ2v) is 5.98. The summed E-state index contributed by atoms with van der Waals surface area (Å²) in [7, 11) is 1.77. The highest BCUT2D eigenvalue weighted by molar-refractivity contribution is 5.87. The molecule has 0 aromatic heterocycles. The zero-order valence-corrected chi connectivity index (χ0v) is 13.2. The first-order valence-corrected chi connectivity index (χ1v) is 7.78. The van der Waals surface area contributed by atoms with Gasteiger partial charge in [-0.05, 0) is 38.8 Å². The second-order valence-electron chi connectivity index (χ2n) is 5.98. The Balaban J connectivity index is 2.20. The second kappa shape index (κ2) is 6.56. The van der Waals surface area contributed by atoms with Crippen molar-refractivity contribution in [3.63, 3.8) is 0 Å². The molecule has 1 N–H and O–H groups in total. The fraction of sp³-hybridized carbons (Fsp3) is 0.588. The van der Waals surface area contributed by atoms with E-state index in [1.165, 1.54) is 6.07 Å². The zero-order chi connectivity index (χ0) is 15.5. The number of hydrogen-bond donors (Lipinski definition) is 1. The summed E-state index contributed by atoms with van der Waals surface area (Å²) in [5, 5.41) is 3.39. The van der Waals surface area contributed by atoms with Gasteiger partial charge in [-0.25, -0.2) is 4.39 Å². The van der Waals surface area contributed by atoms with Gasteiger partial charge in [0.15, 0.2) is 0 Å². The SMILES string of the molecule is CCCC1(C(=O)N(C)C(C)c2ccccc2F)CCCN1. The van der Waals surface area contributed by atoms with Crippen LogP contribution in [0.5, 0.6) is 0 Å². The van der Waals surface area contributed by atoms with Gasteiger partial charge in [0, 0.05) is 12.6 Å². The minimum Gasteiger partial charge on any atom is -0.337 e. The van der Waals surface area contributed by atoms with Crippen LogP contribution in [-0.4, -0.2) is 29.9 Å². The van der Waals surface area contributed by atoms with Crippen LogP contribution in [0.4, 0.5) is 4.39 Å². The molecular formula is C17H25FN2O. The van der Waals surface area contributed by atoms with Gasteiger partial charge in [-0.2, -0.15) is 0 Å². The molecule has 0 bridgehead atoms. The van der Waals surface area contributed by atoms with Crippen molar-refractivity contribution in [3.05, 3.63) is 35.6 Å². The van der Waals surface area contributed by atoms with Gasteiger partial charge in [0.25, 0.3) is 0 Å². The molecule has 4 heteroatoms. The van der Waals surface area contributed by atoms with E-state index in [4.69, 9.17) is 0 Å². The van der Waals surface area contributed by atoms with Crippen molar-refractivity contribution in [1.29, 1.82) is 0 Å². The van der Waals surface area contributed by atoms with Gasteiger partial charge >= 0.3 is 0 Å². The van der Waals surface area contributed by atoms with Crippen LogP contribution in [0.2, 0.25) is 0 Å². The van der Waals surface area contributed by atoms with Crippen molar-refractivity contribution in [1.82, 2.24) is 10.2 Å². The molecule has 2 unspecified atom stereocenters. The maximum Gasteiger partial charge on any atom is 0.243 e. The first-order chi connectivity index (χ1) is 10.0. The molecule has 116 valence electrons. The minimum absolute atomic E-state index is 0.0811. The Labute approximate surface area is 126 Å². The Bertz CT molecular complexity index is 497. The van der Waals surface area contributed by atoms with Crippen LogP contribution in [-0.2, 0) is 4.79 Å². The topological polar surface area (TPSA) is 32.3 Å². The molecule has 1 amide bonds. The lowest BCUT2D eigenvalue weighted by atomic mass is 9.89. The summed E-state index contributed by atoms with van der Waals surface area (Å²) in [5.74, 6) is -0.175. The van der Waals surface area contributed by atoms with Crippen molar-refractivity contribution < 1.29 is 9.18 Å². The lowest BCUT2D eigenvalue weighted by molar-refractivity contribution is -0.138. The third-order valence-corrected chi connectivity index (χ3v) is 4.59. The summed E-state index contributed by atoms with van der Waals surface area (Å²) in [6.07, 6.45) is 3.68. The molecule has 2 rings (SSSR count). The van der Waals surface area contributed by atoms with E-state index in [2.05, 4.69) is 12.2 Å². The van der Waals surface area contributed by atoms with Gasteiger partial charge in [0.05, 0.1) is 11.6 Å². The lowest BCUT2D eigenvalue weighted by Gasteiger charge is -2.36. The van der Waals surface area contributed by atoms with Crippen LogP contribution < -0.4 is 5.32 Å². The molecular weight excluding hydrogens is 267 g/mol. The third-order valence-electron chi connectivity index (χ3n) is 4.59. The molecule has 0 saturated carbocycles. The Morgan fingerprint density at radius 1 is 1.48 bits per heavy atom. The van der Waals surface area contributed by atoms with Crippen LogP contribution >= 0.6 is 0 Å². The first kappa shape index (κ1) is 16.0. The highest BCUT2D eigenvalue weighted by Gasteiger charge is 2.42. The van der Waals surface area contributed by atoms with Crippen molar-refractivity contribution in [2.75, 3.05) is 13.6 Å². The number of carbonyl (C=O) groups excluding carboxylic acids is 1. The van der Waals surface area contributed by atoms with Gasteiger partial charge in [-0.1, -0.05) is 31.5 Å². The highest BCUT2D eigenvalue weighted by Crippen LogP contribution is 2.30. The minimum atomic E-state index is -0.455. The number of benzene rings is 1. The van der Waals surface area contributed by atoms with E-state index in [1.807, 2.05) is 13.0 Å². The van der Waals surface area contributed by atoms with Gasteiger partial charge < -0.3 is 10.2 Å². The summed E-state index contributed by atoms with van der Waals surface area (Å²) in [5.41, 5.74) is 0.112. The molecule has 1 aliphatic heterocycles. The van der Waals surface area contributed by atoms with E-state index >= 15 is 0 Å². The maximum atomic E-state index is 13.9. The van der Waals surface area contributed by atoms with E-state index in [0.29, 0.717) is 5.56 Å². The Morgan fingerprint density at radius 3 is 2.76 bits per heavy atom. The number of nitrogens with one attached hydrogen (secondary N) is 1. The average Bonchev–Trinajstić information content (AvgIpc) is 2.95. The van der Waals surface area contributed by atoms with E-state index in [9.17, 15) is 9.18 Å². The normalized spacial score (nSPS) is 23.0. The summed E-state index contributed by atoms with van der Waals surface area (Å²) in [4.78, 5) is 14.6. The van der Waals surface area contributed by atoms with Gasteiger partial charge in [-0.3, -0.25) is 4.79 Å². The van der Waals surface area contributed by atoms with Crippen LogP contribution in [0.25, 0.3) is 0 Å². The quantitative estimate of drug-likeness (QED) is 0.903. The number of carbonyl (C=O) groups is 1. The van der Waals surface area contributed by atoms with Gasteiger partial charge in [0.1, 0.15) is 5.82 Å². The molecule has 21 heavy (non-hydrogen) atoms. The predicted octanol–water partition coefficient (Wildman–Crippen LogP) is 3.27. The molecule has 1 aromatic carbocycles. The van der Waals surface area contributed by atoms with Crippen LogP contribution in [0.15, 0.2) is 24.3 Å². The van der Waals surface area contributed by atoms with Crippen LogP contribution in [0.3, 0.4) is 0 Å². The largest absolute Gasteiger partial charge is 0.337 e. The Morgan fingerprint density at radius 2 is 2.19 bits per heavy atom. The number of likely N-dealkylation sites (N-methyl/N-ethyl adjacent to an activating group) is 1. The van der Waals surface area contributed by atoms with Crippen molar-refractivity contribution in [3.8, 4) is 0 Å². The van der Waals surface area contributed by atoms with E-state index in [1.54, 1.807) is 24.1 Å². The molecule has 0 aliphatic carbocycles. The third kappa shape index (κ3) is 3.10. The number of halogens is 1. The molecule has 1 saturated heterocycles. The van der Waals surface area contributed by atoms with Crippen LogP contribution in [0, 0.1) is 5.82 Å². The maximum absolute atomic E-state index is 13.9. The summed E-state index contributed by atoms with van der Waals surface area (Å²) >= 11 is 0. The Kier molecular flexibility index (Phi) is 4.99. The van der Waals surface area contributed by atoms with Crippen molar-refractivity contribution in [2.45, 2.75) is 51.1 Å². The fourth-order valence-corrected chi connectivity index (χ4v) is 3.27. The number of nitrogens with zero attached hydrogens (tertiary/aromatic N) is 1. The molecule has 1 heterocycles. The average molecular weight is 292 g/mol. The molecule has 0 spiro atoms. The van der Waals surface area contributed by atoms with Crippen molar-refractivity contribution in [2.24, 2.45) is 0 Å². The fourth-order valence-electron chi connectivity index (χ4n) is 3.27. The molecule has 3 nitrogen and oxygen atoms in total. The summed E-state index contributed by atoms with van der Waals surface area (Å²) < 4.78 is 13.9. The molecule has 1 fully saturated rings. The smallest absolute Gasteiger partial charge is 0.243 e. The standard InChI is InChI=1S/C17H25FN2O/c1-4-10-17(11-7-12-19-17)16(21)20(3)13(2)14-8-5-6-9-15(14)18/h5-6,8-9,13,19H,4,7,10-12H2,1-3H3. The number of hydrogen-bond acceptors (Lipinski definition) is 2. The van der Waals surface area contributed by atoms with Gasteiger partial charge in [-0.15, -0.1) is 0 Å².